The maximum absolute atomic E-state index is 9.95. The van der Waals surface area contributed by atoms with Gasteiger partial charge in [0, 0.05) is 31.7 Å². The summed E-state index contributed by atoms with van der Waals surface area (Å²) >= 11 is 0. The first kappa shape index (κ1) is 16.5. The van der Waals surface area contributed by atoms with E-state index < -0.39 is 0 Å². The highest BCUT2D eigenvalue weighted by atomic mass is 16.3. The van der Waals surface area contributed by atoms with Crippen LogP contribution < -0.4 is 0 Å². The van der Waals surface area contributed by atoms with Gasteiger partial charge in [0.15, 0.2) is 0 Å². The molecular weight excluding hydrogens is 262 g/mol. The molecule has 1 aliphatic rings. The van der Waals surface area contributed by atoms with Crippen LogP contribution in [0.2, 0.25) is 0 Å². The minimum absolute atomic E-state index is 0.0155. The second-order valence-electron chi connectivity index (χ2n) is 6.78. The van der Waals surface area contributed by atoms with Crippen LogP contribution in [0.15, 0.2) is 30.3 Å². The van der Waals surface area contributed by atoms with Gasteiger partial charge < -0.3 is 10.2 Å². The third-order valence-corrected chi connectivity index (χ3v) is 4.75. The lowest BCUT2D eigenvalue weighted by atomic mass is 9.70. The Labute approximate surface area is 128 Å². The first-order valence-corrected chi connectivity index (χ1v) is 8.15. The van der Waals surface area contributed by atoms with Gasteiger partial charge in [0.25, 0.3) is 0 Å². The third-order valence-electron chi connectivity index (χ3n) is 4.75. The van der Waals surface area contributed by atoms with Gasteiger partial charge in [0.2, 0.25) is 0 Å². The van der Waals surface area contributed by atoms with Crippen molar-refractivity contribution in [2.75, 3.05) is 26.3 Å². The van der Waals surface area contributed by atoms with Crippen molar-refractivity contribution in [3.63, 3.8) is 0 Å². The molecule has 2 N–H and O–H groups in total. The predicted octanol–water partition coefficient (Wildman–Crippen LogP) is 2.67. The fourth-order valence-corrected chi connectivity index (χ4v) is 3.78. The Bertz CT molecular complexity index is 409. The van der Waals surface area contributed by atoms with Crippen molar-refractivity contribution < 1.29 is 10.2 Å². The molecule has 0 saturated heterocycles. The van der Waals surface area contributed by atoms with Crippen molar-refractivity contribution in [3.05, 3.63) is 35.9 Å². The highest BCUT2D eigenvalue weighted by Gasteiger charge is 2.35. The average molecular weight is 291 g/mol. The normalized spacial score (nSPS) is 26.2. The molecule has 2 rings (SSSR count). The highest BCUT2D eigenvalue weighted by Crippen LogP contribution is 2.39. The van der Waals surface area contributed by atoms with Gasteiger partial charge in [-0.3, -0.25) is 4.90 Å². The lowest BCUT2D eigenvalue weighted by Gasteiger charge is -2.42. The Kier molecular flexibility index (Phi) is 6.22. The molecule has 0 spiro atoms. The van der Waals surface area contributed by atoms with Crippen LogP contribution >= 0.6 is 0 Å². The summed E-state index contributed by atoms with van der Waals surface area (Å²) in [5, 5.41) is 19.3. The van der Waals surface area contributed by atoms with Gasteiger partial charge in [-0.1, -0.05) is 50.1 Å². The van der Waals surface area contributed by atoms with Gasteiger partial charge >= 0.3 is 0 Å². The van der Waals surface area contributed by atoms with Gasteiger partial charge in [0.05, 0.1) is 6.61 Å². The SMILES string of the molecule is CC1CCCC(CO)(CN(CCO)Cc2ccccc2)C1. The first-order chi connectivity index (χ1) is 10.2. The van der Waals surface area contributed by atoms with E-state index in [9.17, 15) is 10.2 Å². The van der Waals surface area contributed by atoms with E-state index >= 15 is 0 Å². The molecule has 21 heavy (non-hydrogen) atoms. The monoisotopic (exact) mass is 291 g/mol. The van der Waals surface area contributed by atoms with Crippen LogP contribution in [0.25, 0.3) is 0 Å². The van der Waals surface area contributed by atoms with Crippen molar-refractivity contribution in [1.82, 2.24) is 4.90 Å². The minimum atomic E-state index is 0.0155. The molecule has 1 saturated carbocycles. The molecule has 0 bridgehead atoms. The second-order valence-corrected chi connectivity index (χ2v) is 6.78. The van der Waals surface area contributed by atoms with Crippen LogP contribution in [0.5, 0.6) is 0 Å². The van der Waals surface area contributed by atoms with Gasteiger partial charge in [0.1, 0.15) is 0 Å². The molecule has 3 nitrogen and oxygen atoms in total. The van der Waals surface area contributed by atoms with E-state index in [0.717, 1.165) is 25.9 Å². The van der Waals surface area contributed by atoms with E-state index in [-0.39, 0.29) is 18.6 Å². The van der Waals surface area contributed by atoms with Crippen molar-refractivity contribution >= 4 is 0 Å². The molecule has 3 heteroatoms. The highest BCUT2D eigenvalue weighted by molar-refractivity contribution is 5.14. The fourth-order valence-electron chi connectivity index (χ4n) is 3.78. The number of hydrogen-bond donors (Lipinski definition) is 2. The van der Waals surface area contributed by atoms with Gasteiger partial charge in [-0.15, -0.1) is 0 Å². The Morgan fingerprint density at radius 1 is 1.24 bits per heavy atom. The van der Waals surface area contributed by atoms with Crippen molar-refractivity contribution in [1.29, 1.82) is 0 Å². The topological polar surface area (TPSA) is 43.7 Å². The molecular formula is C18H29NO2. The van der Waals surface area contributed by atoms with Gasteiger partial charge in [-0.05, 0) is 24.3 Å². The number of benzene rings is 1. The van der Waals surface area contributed by atoms with Gasteiger partial charge in [-0.25, -0.2) is 0 Å². The van der Waals surface area contributed by atoms with Crippen LogP contribution in [0.4, 0.5) is 0 Å². The Morgan fingerprint density at radius 2 is 2.00 bits per heavy atom. The minimum Gasteiger partial charge on any atom is -0.396 e. The molecule has 0 aromatic heterocycles. The van der Waals surface area contributed by atoms with Crippen molar-refractivity contribution in [2.45, 2.75) is 39.2 Å². The molecule has 1 aliphatic carbocycles. The summed E-state index contributed by atoms with van der Waals surface area (Å²) < 4.78 is 0. The zero-order chi connectivity index (χ0) is 15.1. The van der Waals surface area contributed by atoms with E-state index in [4.69, 9.17) is 0 Å². The summed E-state index contributed by atoms with van der Waals surface area (Å²) in [5.74, 6) is 0.693. The summed E-state index contributed by atoms with van der Waals surface area (Å²) in [5.41, 5.74) is 1.28. The number of aliphatic hydroxyl groups is 2. The summed E-state index contributed by atoms with van der Waals surface area (Å²) in [4.78, 5) is 2.30. The standard InChI is InChI=1S/C18H29NO2/c1-16-6-5-9-18(12-16,15-21)14-19(10-11-20)13-17-7-3-2-4-8-17/h2-4,7-8,16,20-21H,5-6,9-15H2,1H3. The van der Waals surface area contributed by atoms with E-state index in [1.165, 1.54) is 18.4 Å². The average Bonchev–Trinajstić information content (AvgIpc) is 2.48. The maximum atomic E-state index is 9.95. The summed E-state index contributed by atoms with van der Waals surface area (Å²) in [6, 6.07) is 10.4. The molecule has 0 amide bonds. The van der Waals surface area contributed by atoms with E-state index in [1.807, 2.05) is 6.07 Å². The molecule has 2 unspecified atom stereocenters. The Hall–Kier alpha value is -0.900. The summed E-state index contributed by atoms with van der Waals surface area (Å²) in [6.07, 6.45) is 4.69. The third kappa shape index (κ3) is 4.80. The van der Waals surface area contributed by atoms with Crippen molar-refractivity contribution in [3.8, 4) is 0 Å². The van der Waals surface area contributed by atoms with E-state index in [1.54, 1.807) is 0 Å². The predicted molar refractivity (Wildman–Crippen MR) is 86.0 cm³/mol. The fraction of sp³-hybridized carbons (Fsp3) is 0.667. The second kappa shape index (κ2) is 7.92. The maximum Gasteiger partial charge on any atom is 0.0558 e. The molecule has 1 aromatic rings. The van der Waals surface area contributed by atoms with Crippen LogP contribution in [0.1, 0.15) is 38.2 Å². The quantitative estimate of drug-likeness (QED) is 0.812. The number of rotatable bonds is 7. The lowest BCUT2D eigenvalue weighted by molar-refractivity contribution is 0.0170. The first-order valence-electron chi connectivity index (χ1n) is 8.15. The summed E-state index contributed by atoms with van der Waals surface area (Å²) in [7, 11) is 0. The largest absolute Gasteiger partial charge is 0.396 e. The molecule has 0 radical (unpaired) electrons. The number of nitrogens with zero attached hydrogens (tertiary/aromatic N) is 1. The smallest absolute Gasteiger partial charge is 0.0558 e. The van der Waals surface area contributed by atoms with Crippen LogP contribution in [-0.4, -0.2) is 41.4 Å². The number of hydrogen-bond acceptors (Lipinski definition) is 3. The molecule has 1 aromatic carbocycles. The van der Waals surface area contributed by atoms with Crippen LogP contribution in [0, 0.1) is 11.3 Å². The zero-order valence-corrected chi connectivity index (χ0v) is 13.2. The summed E-state index contributed by atoms with van der Waals surface area (Å²) in [6.45, 7) is 5.11. The molecule has 0 aliphatic heterocycles. The lowest BCUT2D eigenvalue weighted by Crippen LogP contribution is -2.43. The van der Waals surface area contributed by atoms with Crippen LogP contribution in [-0.2, 0) is 6.54 Å². The molecule has 1 fully saturated rings. The molecule has 0 heterocycles. The zero-order valence-electron chi connectivity index (χ0n) is 13.2. The van der Waals surface area contributed by atoms with E-state index in [0.29, 0.717) is 12.5 Å². The van der Waals surface area contributed by atoms with Gasteiger partial charge in [-0.2, -0.15) is 0 Å². The Morgan fingerprint density at radius 3 is 2.62 bits per heavy atom. The molecule has 2 atom stereocenters. The molecule has 118 valence electrons. The Balaban J connectivity index is 2.03. The van der Waals surface area contributed by atoms with Crippen molar-refractivity contribution in [2.24, 2.45) is 11.3 Å². The van der Waals surface area contributed by atoms with Crippen LogP contribution in [0.3, 0.4) is 0 Å². The van der Waals surface area contributed by atoms with E-state index in [2.05, 4.69) is 36.1 Å². The number of aliphatic hydroxyl groups excluding tert-OH is 2.